The number of carbonyl (C=O) groups excluding carboxylic acids is 3. The molecule has 1 fully saturated rings. The predicted molar refractivity (Wildman–Crippen MR) is 59.6 cm³/mol. The molecule has 2 aliphatic rings. The van der Waals surface area contributed by atoms with E-state index in [-0.39, 0.29) is 49.6 Å². The smallest absolute Gasteiger partial charge is 1.00 e. The molecular formula is C12H16NNaO4. The van der Waals surface area contributed by atoms with Gasteiger partial charge < -0.3 is 6.16 Å². The number of nitrogens with zero attached hydrogens (tertiary/aromatic N) is 1. The molecule has 1 saturated carbocycles. The molecule has 6 heteroatoms. The molecule has 0 aromatic heterocycles. The average Bonchev–Trinajstić information content (AvgIpc) is 2.67. The van der Waals surface area contributed by atoms with Crippen LogP contribution in [-0.4, -0.2) is 29.4 Å². The molecule has 1 aliphatic carbocycles. The monoisotopic (exact) mass is 261 g/mol. The van der Waals surface area contributed by atoms with E-state index in [4.69, 9.17) is 4.74 Å². The molecule has 0 radical (unpaired) electrons. The van der Waals surface area contributed by atoms with Crippen LogP contribution in [0, 0.1) is 5.92 Å². The molecule has 2 amide bonds. The Morgan fingerprint density at radius 3 is 2.33 bits per heavy atom. The Labute approximate surface area is 129 Å². The standard InChI is InChI=1S/C12H15NO4.Na.H/c14-10-6-7-11(15)13(10)8-17-12(16)9-4-2-1-3-5-9;;/h6-7,9H,1-5,8H2;;/q;+1;-1. The van der Waals surface area contributed by atoms with Crippen LogP contribution in [0.5, 0.6) is 0 Å². The average molecular weight is 261 g/mol. The van der Waals surface area contributed by atoms with Gasteiger partial charge in [0.25, 0.3) is 11.8 Å². The summed E-state index contributed by atoms with van der Waals surface area (Å²) in [6, 6.07) is 0. The molecule has 94 valence electrons. The molecule has 0 spiro atoms. The zero-order chi connectivity index (χ0) is 12.3. The van der Waals surface area contributed by atoms with E-state index in [2.05, 4.69) is 0 Å². The first-order chi connectivity index (χ1) is 8.18. The second-order valence-electron chi connectivity index (χ2n) is 4.37. The van der Waals surface area contributed by atoms with Crippen LogP contribution in [0.2, 0.25) is 0 Å². The Bertz CT molecular complexity index is 362. The summed E-state index contributed by atoms with van der Waals surface area (Å²) < 4.78 is 5.01. The zero-order valence-corrected chi connectivity index (χ0v) is 12.6. The van der Waals surface area contributed by atoms with Gasteiger partial charge in [-0.05, 0) is 12.8 Å². The molecule has 2 rings (SSSR count). The fourth-order valence-electron chi connectivity index (χ4n) is 2.14. The molecular weight excluding hydrogens is 245 g/mol. The third-order valence-electron chi connectivity index (χ3n) is 3.17. The molecule has 18 heavy (non-hydrogen) atoms. The van der Waals surface area contributed by atoms with Crippen molar-refractivity contribution in [3.8, 4) is 0 Å². The van der Waals surface area contributed by atoms with Crippen LogP contribution >= 0.6 is 0 Å². The Balaban J connectivity index is 0.00000162. The Morgan fingerprint density at radius 1 is 1.22 bits per heavy atom. The topological polar surface area (TPSA) is 63.7 Å². The molecule has 0 aromatic rings. The summed E-state index contributed by atoms with van der Waals surface area (Å²) in [4.78, 5) is 35.0. The normalized spacial score (nSPS) is 19.9. The SMILES string of the molecule is O=C(OCN1C(=O)C=CC1=O)C1CCCCC1.[H-].[Na+]. The van der Waals surface area contributed by atoms with Crippen molar-refractivity contribution in [2.24, 2.45) is 5.92 Å². The van der Waals surface area contributed by atoms with Gasteiger partial charge in [-0.3, -0.25) is 14.4 Å². The molecule has 1 aliphatic heterocycles. The maximum Gasteiger partial charge on any atom is 1.00 e. The number of imide groups is 1. The molecule has 0 atom stereocenters. The van der Waals surface area contributed by atoms with Crippen molar-refractivity contribution in [2.75, 3.05) is 6.73 Å². The fraction of sp³-hybridized carbons (Fsp3) is 0.583. The Hall–Kier alpha value is -0.650. The number of hydrogen-bond donors (Lipinski definition) is 0. The molecule has 0 aromatic carbocycles. The van der Waals surface area contributed by atoms with Gasteiger partial charge in [0.2, 0.25) is 0 Å². The van der Waals surface area contributed by atoms with E-state index in [1.165, 1.54) is 12.2 Å². The van der Waals surface area contributed by atoms with Crippen LogP contribution in [0.15, 0.2) is 12.2 Å². The van der Waals surface area contributed by atoms with E-state index in [0.717, 1.165) is 37.0 Å². The minimum absolute atomic E-state index is 0. The molecule has 5 nitrogen and oxygen atoms in total. The van der Waals surface area contributed by atoms with Crippen LogP contribution in [0.3, 0.4) is 0 Å². The summed E-state index contributed by atoms with van der Waals surface area (Å²) in [5.74, 6) is -1.21. The van der Waals surface area contributed by atoms with Crippen molar-refractivity contribution in [3.05, 3.63) is 12.2 Å². The van der Waals surface area contributed by atoms with Crippen LogP contribution in [-0.2, 0) is 19.1 Å². The molecule has 0 N–H and O–H groups in total. The van der Waals surface area contributed by atoms with Gasteiger partial charge in [0, 0.05) is 12.2 Å². The number of ether oxygens (including phenoxy) is 1. The Kier molecular flexibility index (Phi) is 6.05. The van der Waals surface area contributed by atoms with Gasteiger partial charge in [-0.25, -0.2) is 4.90 Å². The summed E-state index contributed by atoms with van der Waals surface area (Å²) in [5.41, 5.74) is 0. The van der Waals surface area contributed by atoms with Gasteiger partial charge in [0.05, 0.1) is 5.92 Å². The largest absolute Gasteiger partial charge is 1.00 e. The van der Waals surface area contributed by atoms with E-state index in [1.54, 1.807) is 0 Å². The predicted octanol–water partition coefficient (Wildman–Crippen LogP) is -1.89. The number of hydrogen-bond acceptors (Lipinski definition) is 4. The van der Waals surface area contributed by atoms with Gasteiger partial charge in [0.1, 0.15) is 0 Å². The number of amides is 2. The number of carbonyl (C=O) groups is 3. The third-order valence-corrected chi connectivity index (χ3v) is 3.17. The van der Waals surface area contributed by atoms with Gasteiger partial charge in [-0.2, -0.15) is 0 Å². The van der Waals surface area contributed by atoms with Crippen LogP contribution in [0.4, 0.5) is 0 Å². The number of rotatable bonds is 3. The molecule has 0 unspecified atom stereocenters. The summed E-state index contributed by atoms with van der Waals surface area (Å²) in [7, 11) is 0. The van der Waals surface area contributed by atoms with Crippen molar-refractivity contribution >= 4 is 17.8 Å². The zero-order valence-electron chi connectivity index (χ0n) is 11.6. The maximum atomic E-state index is 11.7. The van der Waals surface area contributed by atoms with Crippen LogP contribution < -0.4 is 29.6 Å². The summed E-state index contributed by atoms with van der Waals surface area (Å²) in [6.07, 6.45) is 7.30. The third kappa shape index (κ3) is 3.67. The quantitative estimate of drug-likeness (QED) is 0.338. The Morgan fingerprint density at radius 2 is 1.78 bits per heavy atom. The van der Waals surface area contributed by atoms with E-state index in [1.807, 2.05) is 0 Å². The van der Waals surface area contributed by atoms with E-state index < -0.39 is 11.8 Å². The summed E-state index contributed by atoms with van der Waals surface area (Å²) in [6.45, 7) is -0.264. The maximum absolute atomic E-state index is 11.7. The molecule has 0 bridgehead atoms. The van der Waals surface area contributed by atoms with E-state index >= 15 is 0 Å². The summed E-state index contributed by atoms with van der Waals surface area (Å²) in [5, 5.41) is 0. The van der Waals surface area contributed by atoms with Gasteiger partial charge in [-0.1, -0.05) is 19.3 Å². The van der Waals surface area contributed by atoms with E-state index in [0.29, 0.717) is 0 Å². The van der Waals surface area contributed by atoms with Crippen molar-refractivity contribution in [2.45, 2.75) is 32.1 Å². The summed E-state index contributed by atoms with van der Waals surface area (Å²) >= 11 is 0. The van der Waals surface area contributed by atoms with Gasteiger partial charge >= 0.3 is 35.5 Å². The minimum Gasteiger partial charge on any atom is -1.00 e. The second-order valence-corrected chi connectivity index (χ2v) is 4.37. The first-order valence-corrected chi connectivity index (χ1v) is 5.88. The van der Waals surface area contributed by atoms with Crippen molar-refractivity contribution < 1.29 is 50.1 Å². The fourth-order valence-corrected chi connectivity index (χ4v) is 2.14. The minimum atomic E-state index is -0.425. The second kappa shape index (κ2) is 7.07. The first kappa shape index (κ1) is 15.4. The van der Waals surface area contributed by atoms with Crippen molar-refractivity contribution in [1.82, 2.24) is 4.90 Å². The van der Waals surface area contributed by atoms with E-state index in [9.17, 15) is 14.4 Å². The molecule has 0 saturated heterocycles. The molecule has 1 heterocycles. The van der Waals surface area contributed by atoms with Crippen LogP contribution in [0.1, 0.15) is 33.5 Å². The van der Waals surface area contributed by atoms with Gasteiger partial charge in [-0.15, -0.1) is 0 Å². The first-order valence-electron chi connectivity index (χ1n) is 5.88. The van der Waals surface area contributed by atoms with Gasteiger partial charge in [0.15, 0.2) is 6.73 Å². The van der Waals surface area contributed by atoms with Crippen LogP contribution in [0.25, 0.3) is 0 Å². The van der Waals surface area contributed by atoms with Crippen molar-refractivity contribution in [1.29, 1.82) is 0 Å². The van der Waals surface area contributed by atoms with Crippen molar-refractivity contribution in [3.63, 3.8) is 0 Å². The number of esters is 1.